The van der Waals surface area contributed by atoms with E-state index in [1.165, 1.54) is 29.2 Å². The molecule has 5 nitrogen and oxygen atoms in total. The molecule has 23 heavy (non-hydrogen) atoms. The van der Waals surface area contributed by atoms with Gasteiger partial charge in [-0.25, -0.2) is 15.0 Å². The second-order valence-corrected chi connectivity index (χ2v) is 7.58. The maximum Gasteiger partial charge on any atom is 0.191 e. The van der Waals surface area contributed by atoms with Gasteiger partial charge in [-0.1, -0.05) is 35.0 Å². The lowest BCUT2D eigenvalue weighted by Crippen LogP contribution is -2.00. The van der Waals surface area contributed by atoms with E-state index in [4.69, 9.17) is 34.2 Å². The standard InChI is InChI=1S/C14H9Cl2N5S2/c1-6(23-14-19-7(4-17)2-11(18)21-14)10-3-8-9(15)5-22-12(8)13(16)20-10/h2-3,5-6H,1H3,(H2,18,19,21). The Balaban J connectivity index is 1.94. The lowest BCUT2D eigenvalue weighted by Gasteiger charge is -2.11. The molecule has 116 valence electrons. The van der Waals surface area contributed by atoms with Gasteiger partial charge in [0.2, 0.25) is 0 Å². The molecular formula is C14H9Cl2N5S2. The molecule has 3 heterocycles. The predicted molar refractivity (Wildman–Crippen MR) is 95.1 cm³/mol. The Morgan fingerprint density at radius 1 is 1.30 bits per heavy atom. The number of thioether (sulfide) groups is 1. The molecule has 0 aliphatic heterocycles. The van der Waals surface area contributed by atoms with E-state index in [0.29, 0.717) is 15.3 Å². The van der Waals surface area contributed by atoms with Crippen LogP contribution < -0.4 is 5.73 Å². The average Bonchev–Trinajstić information content (AvgIpc) is 2.88. The summed E-state index contributed by atoms with van der Waals surface area (Å²) in [5, 5.41) is 13.1. The minimum atomic E-state index is -0.0822. The number of hydrogen-bond acceptors (Lipinski definition) is 7. The van der Waals surface area contributed by atoms with Crippen molar-refractivity contribution in [3.63, 3.8) is 0 Å². The first-order valence-corrected chi connectivity index (χ1v) is 8.94. The average molecular weight is 382 g/mol. The summed E-state index contributed by atoms with van der Waals surface area (Å²) >= 11 is 15.2. The molecule has 0 aliphatic carbocycles. The lowest BCUT2D eigenvalue weighted by molar-refractivity contribution is 0.937. The number of hydrogen-bond donors (Lipinski definition) is 1. The van der Waals surface area contributed by atoms with Crippen molar-refractivity contribution in [2.24, 2.45) is 0 Å². The molecule has 0 aliphatic rings. The van der Waals surface area contributed by atoms with E-state index in [1.54, 1.807) is 0 Å². The molecular weight excluding hydrogens is 373 g/mol. The van der Waals surface area contributed by atoms with Gasteiger partial charge < -0.3 is 5.73 Å². The summed E-state index contributed by atoms with van der Waals surface area (Å²) in [6.07, 6.45) is 0. The highest BCUT2D eigenvalue weighted by molar-refractivity contribution is 7.99. The molecule has 0 bridgehead atoms. The van der Waals surface area contributed by atoms with Gasteiger partial charge in [0.1, 0.15) is 22.7 Å². The van der Waals surface area contributed by atoms with Crippen molar-refractivity contribution in [3.8, 4) is 6.07 Å². The number of anilines is 1. The van der Waals surface area contributed by atoms with Crippen molar-refractivity contribution >= 4 is 62.2 Å². The minimum absolute atomic E-state index is 0.0822. The Morgan fingerprint density at radius 2 is 2.09 bits per heavy atom. The highest BCUT2D eigenvalue weighted by Gasteiger charge is 2.16. The van der Waals surface area contributed by atoms with Gasteiger partial charge in [-0.05, 0) is 13.0 Å². The van der Waals surface area contributed by atoms with Gasteiger partial charge in [0.15, 0.2) is 5.16 Å². The Morgan fingerprint density at radius 3 is 2.83 bits per heavy atom. The monoisotopic (exact) mass is 381 g/mol. The summed E-state index contributed by atoms with van der Waals surface area (Å²) in [4.78, 5) is 12.7. The van der Waals surface area contributed by atoms with Gasteiger partial charge in [-0.3, -0.25) is 0 Å². The molecule has 3 rings (SSSR count). The van der Waals surface area contributed by atoms with Crippen LogP contribution in [0.5, 0.6) is 0 Å². The number of halogens is 2. The fraction of sp³-hybridized carbons (Fsp3) is 0.143. The van der Waals surface area contributed by atoms with Crippen LogP contribution in [0, 0.1) is 11.3 Å². The highest BCUT2D eigenvalue weighted by Crippen LogP contribution is 2.39. The largest absolute Gasteiger partial charge is 0.384 e. The van der Waals surface area contributed by atoms with Crippen LogP contribution in [0.1, 0.15) is 23.6 Å². The minimum Gasteiger partial charge on any atom is -0.384 e. The van der Waals surface area contributed by atoms with Gasteiger partial charge in [-0.15, -0.1) is 11.3 Å². The first-order valence-electron chi connectivity index (χ1n) is 6.42. The van der Waals surface area contributed by atoms with Crippen LogP contribution >= 0.6 is 46.3 Å². The molecule has 0 saturated heterocycles. The zero-order chi connectivity index (χ0) is 16.6. The van der Waals surface area contributed by atoms with E-state index in [-0.39, 0.29) is 16.8 Å². The van der Waals surface area contributed by atoms with Crippen LogP contribution in [-0.2, 0) is 0 Å². The summed E-state index contributed by atoms with van der Waals surface area (Å²) in [6.45, 7) is 1.95. The second kappa shape index (κ2) is 6.49. The van der Waals surface area contributed by atoms with E-state index in [0.717, 1.165) is 15.8 Å². The number of nitriles is 1. The number of nitrogen functional groups attached to an aromatic ring is 1. The Hall–Kier alpha value is -1.59. The topological polar surface area (TPSA) is 88.5 Å². The summed E-state index contributed by atoms with van der Waals surface area (Å²) in [7, 11) is 0. The molecule has 0 amide bonds. The zero-order valence-electron chi connectivity index (χ0n) is 11.7. The molecule has 1 unspecified atom stereocenters. The normalized spacial score (nSPS) is 12.3. The van der Waals surface area contributed by atoms with Crippen LogP contribution in [0.4, 0.5) is 5.82 Å². The summed E-state index contributed by atoms with van der Waals surface area (Å²) < 4.78 is 0.865. The predicted octanol–water partition coefficient (Wildman–Crippen LogP) is 4.70. The first kappa shape index (κ1) is 16.3. The van der Waals surface area contributed by atoms with Crippen LogP contribution in [0.15, 0.2) is 22.7 Å². The maximum absolute atomic E-state index is 8.95. The van der Waals surface area contributed by atoms with E-state index in [2.05, 4.69) is 15.0 Å². The fourth-order valence-electron chi connectivity index (χ4n) is 1.96. The van der Waals surface area contributed by atoms with Crippen molar-refractivity contribution in [2.45, 2.75) is 17.3 Å². The third-order valence-corrected chi connectivity index (χ3v) is 5.85. The van der Waals surface area contributed by atoms with Crippen molar-refractivity contribution < 1.29 is 0 Å². The molecule has 3 aromatic heterocycles. The third-order valence-electron chi connectivity index (χ3n) is 3.03. The molecule has 3 aromatic rings. The van der Waals surface area contributed by atoms with Gasteiger partial charge >= 0.3 is 0 Å². The maximum atomic E-state index is 8.95. The summed E-state index contributed by atoms with van der Waals surface area (Å²) in [6, 6.07) is 5.30. The number of pyridine rings is 1. The highest BCUT2D eigenvalue weighted by atomic mass is 35.5. The lowest BCUT2D eigenvalue weighted by atomic mass is 10.2. The molecule has 0 fully saturated rings. The van der Waals surface area contributed by atoms with Gasteiger partial charge in [0.25, 0.3) is 0 Å². The van der Waals surface area contributed by atoms with Crippen molar-refractivity contribution in [2.75, 3.05) is 5.73 Å². The molecule has 0 radical (unpaired) electrons. The first-order chi connectivity index (χ1) is 11.0. The van der Waals surface area contributed by atoms with Gasteiger partial charge in [0, 0.05) is 16.8 Å². The number of rotatable bonds is 3. The Bertz CT molecular complexity index is 935. The molecule has 0 saturated carbocycles. The van der Waals surface area contributed by atoms with Crippen LogP contribution in [0.3, 0.4) is 0 Å². The molecule has 0 aromatic carbocycles. The zero-order valence-corrected chi connectivity index (χ0v) is 14.9. The second-order valence-electron chi connectivity index (χ2n) is 4.63. The summed E-state index contributed by atoms with van der Waals surface area (Å²) in [5.41, 5.74) is 6.68. The number of nitrogens with zero attached hydrogens (tertiary/aromatic N) is 4. The number of fused-ring (bicyclic) bond motifs is 1. The SMILES string of the molecule is CC(Sc1nc(N)cc(C#N)n1)c1cc2c(Cl)csc2c(Cl)n1. The van der Waals surface area contributed by atoms with E-state index < -0.39 is 0 Å². The smallest absolute Gasteiger partial charge is 0.191 e. The van der Waals surface area contributed by atoms with Gasteiger partial charge in [0.05, 0.1) is 20.7 Å². The Kier molecular flexibility index (Phi) is 4.60. The van der Waals surface area contributed by atoms with E-state index >= 15 is 0 Å². The van der Waals surface area contributed by atoms with Crippen LogP contribution in [-0.4, -0.2) is 15.0 Å². The summed E-state index contributed by atoms with van der Waals surface area (Å²) in [5.74, 6) is 0.258. The number of thiophene rings is 1. The van der Waals surface area contributed by atoms with Crippen LogP contribution in [0.25, 0.3) is 10.1 Å². The quantitative estimate of drug-likeness (QED) is 0.401. The van der Waals surface area contributed by atoms with Gasteiger partial charge in [-0.2, -0.15) is 5.26 Å². The molecule has 2 N–H and O–H groups in total. The molecule has 9 heteroatoms. The number of nitrogens with two attached hydrogens (primary N) is 1. The number of aromatic nitrogens is 3. The van der Waals surface area contributed by atoms with Crippen LogP contribution in [0.2, 0.25) is 10.2 Å². The molecule has 1 atom stereocenters. The van der Waals surface area contributed by atoms with Crippen molar-refractivity contribution in [1.82, 2.24) is 15.0 Å². The third kappa shape index (κ3) is 3.35. The van der Waals surface area contributed by atoms with Crippen molar-refractivity contribution in [3.05, 3.63) is 39.1 Å². The Labute approximate surface area is 150 Å². The van der Waals surface area contributed by atoms with E-state index in [9.17, 15) is 0 Å². The molecule has 0 spiro atoms. The van der Waals surface area contributed by atoms with E-state index in [1.807, 2.05) is 24.4 Å². The van der Waals surface area contributed by atoms with Crippen molar-refractivity contribution in [1.29, 1.82) is 5.26 Å². The fourth-order valence-corrected chi connectivity index (χ4v) is 4.29.